The van der Waals surface area contributed by atoms with Crippen molar-refractivity contribution in [3.8, 4) is 0 Å². The lowest BCUT2D eigenvalue weighted by atomic mass is 9.86. The van der Waals surface area contributed by atoms with Gasteiger partial charge in [0.15, 0.2) is 0 Å². The summed E-state index contributed by atoms with van der Waals surface area (Å²) in [5.74, 6) is 0.537. The Labute approximate surface area is 296 Å². The minimum absolute atomic E-state index is 0.0180. The Morgan fingerprint density at radius 1 is 1.00 bits per heavy atom. The molecule has 12 nitrogen and oxygen atoms in total. The predicted molar refractivity (Wildman–Crippen MR) is 186 cm³/mol. The van der Waals surface area contributed by atoms with Crippen molar-refractivity contribution < 1.29 is 47.2 Å². The number of rotatable bonds is 12. The van der Waals surface area contributed by atoms with E-state index in [1.54, 1.807) is 31.6 Å². The SMILES string of the molecule is COC(=O)NC/C=C\c1nc(CC/C=C\C(=O)OC2CC3CC(=O)O[C@@H](/C=C/CC(C)C)C[C@@H]4CCC(C)C(C[C@@H](OC)CC(C2)O3)O4)co1. The lowest BCUT2D eigenvalue weighted by Crippen LogP contribution is -2.43. The molecule has 3 aliphatic heterocycles. The summed E-state index contributed by atoms with van der Waals surface area (Å²) in [7, 11) is 3.02. The Balaban J connectivity index is 1.34. The number of carbonyl (C=O) groups excluding carboxylic acids is 3. The molecule has 4 rings (SSSR count). The number of nitrogens with one attached hydrogen (secondary N) is 1. The number of alkyl carbamates (subject to hydrolysis) is 1. The monoisotopic (exact) mass is 700 g/mol. The maximum atomic E-state index is 13.3. The summed E-state index contributed by atoms with van der Waals surface area (Å²) in [5, 5.41) is 2.54. The van der Waals surface area contributed by atoms with E-state index in [0.717, 1.165) is 31.4 Å². The zero-order valence-corrected chi connectivity index (χ0v) is 30.3. The summed E-state index contributed by atoms with van der Waals surface area (Å²) >= 11 is 0. The maximum absolute atomic E-state index is 13.3. The Hall–Kier alpha value is -3.48. The van der Waals surface area contributed by atoms with Gasteiger partial charge in [0.1, 0.15) is 18.5 Å². The van der Waals surface area contributed by atoms with Crippen molar-refractivity contribution in [2.24, 2.45) is 11.8 Å². The number of aryl methyl sites for hydroxylation is 1. The summed E-state index contributed by atoms with van der Waals surface area (Å²) in [4.78, 5) is 41.7. The highest BCUT2D eigenvalue weighted by atomic mass is 16.6. The topological polar surface area (TPSA) is 145 Å². The van der Waals surface area contributed by atoms with Gasteiger partial charge in [-0.25, -0.2) is 14.6 Å². The number of methoxy groups -OCH3 is 2. The molecule has 3 aliphatic rings. The normalized spacial score (nSPS) is 29.6. The first-order chi connectivity index (χ1) is 24.1. The van der Waals surface area contributed by atoms with Crippen LogP contribution in [0.2, 0.25) is 0 Å². The minimum Gasteiger partial charge on any atom is -0.459 e. The number of oxazole rings is 1. The molecule has 3 saturated heterocycles. The van der Waals surface area contributed by atoms with Gasteiger partial charge >= 0.3 is 18.0 Å². The molecule has 50 heavy (non-hydrogen) atoms. The Morgan fingerprint density at radius 2 is 1.80 bits per heavy atom. The fraction of sp³-hybridized carbons (Fsp3) is 0.684. The van der Waals surface area contributed by atoms with Gasteiger partial charge in [0.2, 0.25) is 5.89 Å². The number of nitrogens with zero attached hydrogens (tertiary/aromatic N) is 1. The number of esters is 2. The molecular formula is C38H56N2O10. The Bertz CT molecular complexity index is 1310. The first kappa shape index (κ1) is 39.3. The van der Waals surface area contributed by atoms with E-state index in [1.807, 2.05) is 6.08 Å². The second kappa shape index (κ2) is 20.4. The summed E-state index contributed by atoms with van der Waals surface area (Å²) < 4.78 is 40.8. The van der Waals surface area contributed by atoms with E-state index in [-0.39, 0.29) is 49.5 Å². The van der Waals surface area contributed by atoms with Crippen molar-refractivity contribution in [2.75, 3.05) is 20.8 Å². The molecule has 4 heterocycles. The predicted octanol–water partition coefficient (Wildman–Crippen LogP) is 6.28. The van der Waals surface area contributed by atoms with Crippen molar-refractivity contribution >= 4 is 24.1 Å². The molecule has 1 aromatic rings. The molecule has 0 saturated carbocycles. The summed E-state index contributed by atoms with van der Waals surface area (Å²) in [6, 6.07) is 0. The van der Waals surface area contributed by atoms with E-state index in [2.05, 4.69) is 41.9 Å². The number of hydrogen-bond donors (Lipinski definition) is 1. The highest BCUT2D eigenvalue weighted by Gasteiger charge is 2.38. The fourth-order valence-corrected chi connectivity index (χ4v) is 6.66. The van der Waals surface area contributed by atoms with Gasteiger partial charge in [-0.3, -0.25) is 4.79 Å². The average Bonchev–Trinajstić information content (AvgIpc) is 3.52. The first-order valence-corrected chi connectivity index (χ1v) is 18.1. The molecule has 1 N–H and O–H groups in total. The van der Waals surface area contributed by atoms with Gasteiger partial charge in [0.05, 0.1) is 49.7 Å². The minimum atomic E-state index is -0.517. The third kappa shape index (κ3) is 13.7. The van der Waals surface area contributed by atoms with Gasteiger partial charge in [0.25, 0.3) is 0 Å². The van der Waals surface area contributed by atoms with E-state index in [1.165, 1.54) is 13.2 Å². The Morgan fingerprint density at radius 3 is 2.58 bits per heavy atom. The van der Waals surface area contributed by atoms with Crippen LogP contribution >= 0.6 is 0 Å². The van der Waals surface area contributed by atoms with Crippen molar-refractivity contribution in [2.45, 2.75) is 134 Å². The lowest BCUT2D eigenvalue weighted by molar-refractivity contribution is -0.171. The van der Waals surface area contributed by atoms with Crippen LogP contribution in [0.25, 0.3) is 6.08 Å². The van der Waals surface area contributed by atoms with E-state index in [4.69, 9.17) is 28.1 Å². The van der Waals surface area contributed by atoms with E-state index in [0.29, 0.717) is 56.3 Å². The van der Waals surface area contributed by atoms with Crippen LogP contribution in [0.3, 0.4) is 0 Å². The van der Waals surface area contributed by atoms with Crippen LogP contribution < -0.4 is 5.32 Å². The number of aromatic nitrogens is 1. The summed E-state index contributed by atoms with van der Waals surface area (Å²) in [6.45, 7) is 6.83. The average molecular weight is 701 g/mol. The van der Waals surface area contributed by atoms with Crippen LogP contribution in [-0.4, -0.2) is 86.5 Å². The second-order valence-electron chi connectivity index (χ2n) is 14.0. The molecule has 1 aromatic heterocycles. The zero-order valence-electron chi connectivity index (χ0n) is 30.3. The zero-order chi connectivity index (χ0) is 35.9. The molecule has 5 unspecified atom stereocenters. The van der Waals surface area contributed by atoms with Gasteiger partial charge in [0, 0.05) is 45.4 Å². The molecule has 0 radical (unpaired) electrons. The number of ether oxygens (including phenoxy) is 6. The second-order valence-corrected chi connectivity index (χ2v) is 14.0. The van der Waals surface area contributed by atoms with Crippen LogP contribution in [-0.2, 0) is 44.4 Å². The van der Waals surface area contributed by atoms with Crippen molar-refractivity contribution in [1.82, 2.24) is 10.3 Å². The molecule has 0 spiro atoms. The number of carbonyl (C=O) groups is 3. The number of allylic oxidation sites excluding steroid dienone is 2. The molecule has 8 atom stereocenters. The molecule has 0 aromatic carbocycles. The van der Waals surface area contributed by atoms with E-state index >= 15 is 0 Å². The molecule has 3 fully saturated rings. The van der Waals surface area contributed by atoms with E-state index < -0.39 is 24.3 Å². The molecule has 4 bridgehead atoms. The van der Waals surface area contributed by atoms with Crippen LogP contribution in [0.15, 0.2) is 41.1 Å². The van der Waals surface area contributed by atoms with Gasteiger partial charge in [-0.2, -0.15) is 0 Å². The summed E-state index contributed by atoms with van der Waals surface area (Å²) in [5.41, 5.74) is 0.735. The molecule has 278 valence electrons. The quantitative estimate of drug-likeness (QED) is 0.114. The van der Waals surface area contributed by atoms with Crippen molar-refractivity contribution in [1.29, 1.82) is 0 Å². The molecule has 12 heteroatoms. The van der Waals surface area contributed by atoms with Crippen molar-refractivity contribution in [3.63, 3.8) is 0 Å². The van der Waals surface area contributed by atoms with Crippen molar-refractivity contribution in [3.05, 3.63) is 48.2 Å². The van der Waals surface area contributed by atoms with Gasteiger partial charge in [-0.1, -0.05) is 39.0 Å². The van der Waals surface area contributed by atoms with Gasteiger partial charge in [-0.05, 0) is 62.5 Å². The van der Waals surface area contributed by atoms with Crippen LogP contribution in [0.1, 0.15) is 96.6 Å². The van der Waals surface area contributed by atoms with E-state index in [9.17, 15) is 14.4 Å². The van der Waals surface area contributed by atoms with Gasteiger partial charge in [-0.15, -0.1) is 0 Å². The standard InChI is InChI=1S/C38H56N2O10/c1-25(2)10-8-12-28-18-29-16-15-26(3)34(48-29)22-30(44-4)19-31-20-32(21-33(47-31)23-37(42)49-28)50-36(41)14-7-6-11-27-24-46-35(40-27)13-9-17-39-38(43)45-5/h7-9,12-14,24-26,28-34H,6,10-11,15-23H2,1-5H3,(H,39,43)/b12-8+,13-9-,14-7-/t26?,28-,29-,30-,31?,32?,33?,34?/m0/s1. The van der Waals surface area contributed by atoms with Crippen LogP contribution in [0.4, 0.5) is 4.79 Å². The molecular weight excluding hydrogens is 644 g/mol. The largest absolute Gasteiger partial charge is 0.459 e. The van der Waals surface area contributed by atoms with Gasteiger partial charge < -0.3 is 38.2 Å². The van der Waals surface area contributed by atoms with Crippen LogP contribution in [0.5, 0.6) is 0 Å². The third-order valence-electron chi connectivity index (χ3n) is 9.35. The number of amides is 1. The number of hydrogen-bond acceptors (Lipinski definition) is 11. The highest BCUT2D eigenvalue weighted by molar-refractivity contribution is 5.82. The Kier molecular flexibility index (Phi) is 16.0. The lowest BCUT2D eigenvalue weighted by Gasteiger charge is -2.40. The fourth-order valence-electron chi connectivity index (χ4n) is 6.66. The molecule has 0 aliphatic carbocycles. The summed E-state index contributed by atoms with van der Waals surface area (Å²) in [6.07, 6.45) is 17.2. The number of fused-ring (bicyclic) bond motifs is 4. The van der Waals surface area contributed by atoms with Crippen LogP contribution in [0, 0.1) is 11.8 Å². The highest BCUT2D eigenvalue weighted by Crippen LogP contribution is 2.34. The first-order valence-electron chi connectivity index (χ1n) is 18.1. The molecule has 1 amide bonds. The number of cyclic esters (lactones) is 1. The smallest absolute Gasteiger partial charge is 0.407 e. The third-order valence-corrected chi connectivity index (χ3v) is 9.35. The maximum Gasteiger partial charge on any atom is 0.407 e.